The fourth-order valence-corrected chi connectivity index (χ4v) is 5.57. The van der Waals surface area contributed by atoms with Crippen LogP contribution >= 0.6 is 11.3 Å². The van der Waals surface area contributed by atoms with Crippen LogP contribution in [0.2, 0.25) is 0 Å². The minimum Gasteiger partial charge on any atom is -0.350 e. The maximum absolute atomic E-state index is 13.1. The van der Waals surface area contributed by atoms with Gasteiger partial charge in [-0.05, 0) is 32.6 Å². The lowest BCUT2D eigenvalue weighted by molar-refractivity contribution is -0.135. The van der Waals surface area contributed by atoms with Gasteiger partial charge in [-0.3, -0.25) is 9.59 Å². The van der Waals surface area contributed by atoms with Crippen molar-refractivity contribution in [3.8, 4) is 0 Å². The zero-order valence-electron chi connectivity index (χ0n) is 18.9. The second kappa shape index (κ2) is 9.94. The van der Waals surface area contributed by atoms with Crippen molar-refractivity contribution < 1.29 is 9.59 Å². The fourth-order valence-electron chi connectivity index (χ4n) is 5.03. The first-order valence-electron chi connectivity index (χ1n) is 11.5. The summed E-state index contributed by atoms with van der Waals surface area (Å²) in [5.41, 5.74) is 0.656. The highest BCUT2D eigenvalue weighted by Gasteiger charge is 2.37. The van der Waals surface area contributed by atoms with E-state index in [4.69, 9.17) is 0 Å². The van der Waals surface area contributed by atoms with Crippen LogP contribution in [-0.2, 0) is 9.59 Å². The van der Waals surface area contributed by atoms with Crippen LogP contribution in [0.25, 0.3) is 0 Å². The van der Waals surface area contributed by atoms with Gasteiger partial charge in [-0.1, -0.05) is 19.3 Å². The quantitative estimate of drug-likeness (QED) is 0.683. The number of carbonyl (C=O) groups is 2. The van der Waals surface area contributed by atoms with Crippen LogP contribution in [-0.4, -0.2) is 50.3 Å². The molecule has 2 N–H and O–H groups in total. The minimum atomic E-state index is -0.363. The number of anilines is 2. The van der Waals surface area contributed by atoms with Gasteiger partial charge in [0.25, 0.3) is 0 Å². The first-order chi connectivity index (χ1) is 15.4. The maximum Gasteiger partial charge on any atom is 0.224 e. The number of hydrogen-bond acceptors (Lipinski definition) is 7. The molecule has 3 heterocycles. The molecule has 0 atom stereocenters. The smallest absolute Gasteiger partial charge is 0.224 e. The van der Waals surface area contributed by atoms with Crippen LogP contribution in [0.15, 0.2) is 17.6 Å². The number of aryl methyl sites for hydroxylation is 1. The van der Waals surface area contributed by atoms with Crippen molar-refractivity contribution in [3.05, 3.63) is 29.2 Å². The largest absolute Gasteiger partial charge is 0.350 e. The number of thiazole rings is 1. The monoisotopic (exact) mass is 456 g/mol. The number of aromatic nitrogens is 3. The molecule has 1 aliphatic heterocycles. The molecule has 2 aromatic heterocycles. The highest BCUT2D eigenvalue weighted by molar-refractivity contribution is 7.13. The van der Waals surface area contributed by atoms with Crippen LogP contribution < -0.4 is 10.6 Å². The summed E-state index contributed by atoms with van der Waals surface area (Å²) in [6.45, 7) is 4.89. The van der Waals surface area contributed by atoms with Gasteiger partial charge in [0, 0.05) is 61.2 Å². The molecule has 0 unspecified atom stereocenters. The SMILES string of the molecule is CC(=O)NC1(CC(=O)N2CCC(c3cc(Nc4nccs4)nc(C)n3)CC2)CCCCC1. The van der Waals surface area contributed by atoms with Gasteiger partial charge in [0.1, 0.15) is 11.6 Å². The topological polar surface area (TPSA) is 100 Å². The lowest BCUT2D eigenvalue weighted by Gasteiger charge is -2.40. The third kappa shape index (κ3) is 5.62. The summed E-state index contributed by atoms with van der Waals surface area (Å²) in [5, 5.41) is 9.10. The highest BCUT2D eigenvalue weighted by Crippen LogP contribution is 2.33. The van der Waals surface area contributed by atoms with Crippen molar-refractivity contribution in [3.63, 3.8) is 0 Å². The molecule has 1 saturated carbocycles. The van der Waals surface area contributed by atoms with Crippen LogP contribution in [0.1, 0.15) is 75.7 Å². The van der Waals surface area contributed by atoms with Crippen molar-refractivity contribution in [2.75, 3.05) is 18.4 Å². The second-order valence-corrected chi connectivity index (χ2v) is 9.94. The predicted octanol–water partition coefficient (Wildman–Crippen LogP) is 3.92. The highest BCUT2D eigenvalue weighted by atomic mass is 32.1. The third-order valence-electron chi connectivity index (χ3n) is 6.53. The van der Waals surface area contributed by atoms with Gasteiger partial charge in [-0.2, -0.15) is 0 Å². The Morgan fingerprint density at radius 1 is 1.19 bits per heavy atom. The molecule has 172 valence electrons. The molecule has 2 fully saturated rings. The van der Waals surface area contributed by atoms with Gasteiger partial charge >= 0.3 is 0 Å². The molecule has 1 saturated heterocycles. The van der Waals surface area contributed by atoms with Crippen LogP contribution in [0.4, 0.5) is 10.9 Å². The summed E-state index contributed by atoms with van der Waals surface area (Å²) < 4.78 is 0. The summed E-state index contributed by atoms with van der Waals surface area (Å²) in [6, 6.07) is 2.00. The van der Waals surface area contributed by atoms with Crippen LogP contribution in [0.5, 0.6) is 0 Å². The third-order valence-corrected chi connectivity index (χ3v) is 7.22. The summed E-state index contributed by atoms with van der Waals surface area (Å²) >= 11 is 1.53. The molecule has 2 amide bonds. The summed E-state index contributed by atoms with van der Waals surface area (Å²) in [7, 11) is 0. The number of carbonyl (C=O) groups excluding carboxylic acids is 2. The van der Waals surface area contributed by atoms with E-state index in [1.165, 1.54) is 17.8 Å². The first kappa shape index (κ1) is 22.6. The Kier molecular flexibility index (Phi) is 7.03. The Morgan fingerprint density at radius 3 is 2.59 bits per heavy atom. The molecular formula is C23H32N6O2S. The molecule has 1 aliphatic carbocycles. The normalized spacial score (nSPS) is 18.9. The van der Waals surface area contributed by atoms with Crippen molar-refractivity contribution in [1.82, 2.24) is 25.2 Å². The number of likely N-dealkylation sites (tertiary alicyclic amines) is 1. The van der Waals surface area contributed by atoms with Crippen LogP contribution in [0.3, 0.4) is 0 Å². The van der Waals surface area contributed by atoms with Gasteiger partial charge in [-0.25, -0.2) is 15.0 Å². The second-order valence-electron chi connectivity index (χ2n) is 9.04. The Bertz CT molecular complexity index is 934. The average molecular weight is 457 g/mol. The zero-order valence-corrected chi connectivity index (χ0v) is 19.7. The number of piperidine rings is 1. The van der Waals surface area contributed by atoms with Gasteiger partial charge < -0.3 is 15.5 Å². The molecule has 4 rings (SSSR count). The maximum atomic E-state index is 13.1. The fraction of sp³-hybridized carbons (Fsp3) is 0.609. The van der Waals surface area contributed by atoms with E-state index < -0.39 is 0 Å². The van der Waals surface area contributed by atoms with Crippen molar-refractivity contribution in [1.29, 1.82) is 0 Å². The molecule has 0 spiro atoms. The Balaban J connectivity index is 1.37. The lowest BCUT2D eigenvalue weighted by Crippen LogP contribution is -2.52. The lowest BCUT2D eigenvalue weighted by atomic mass is 9.78. The number of nitrogens with one attached hydrogen (secondary N) is 2. The van der Waals surface area contributed by atoms with E-state index in [9.17, 15) is 9.59 Å². The summed E-state index contributed by atoms with van der Waals surface area (Å²) in [5.74, 6) is 1.91. The summed E-state index contributed by atoms with van der Waals surface area (Å²) in [4.78, 5) is 40.3. The van der Waals surface area contributed by atoms with E-state index in [1.807, 2.05) is 23.3 Å². The average Bonchev–Trinajstić information content (AvgIpc) is 3.26. The molecule has 0 radical (unpaired) electrons. The standard InChI is InChI=1S/C23H32N6O2S/c1-16-25-19(14-20(26-16)27-22-24-10-13-32-22)18-6-11-29(12-7-18)21(31)15-23(28-17(2)30)8-4-3-5-9-23/h10,13-14,18H,3-9,11-12,15H2,1-2H3,(H,28,30)(H,24,25,26,27). The number of hydrogen-bond donors (Lipinski definition) is 2. The molecule has 8 nitrogen and oxygen atoms in total. The molecule has 2 aliphatic rings. The van der Waals surface area contributed by atoms with Gasteiger partial charge in [-0.15, -0.1) is 11.3 Å². The summed E-state index contributed by atoms with van der Waals surface area (Å²) in [6.07, 6.45) is 9.04. The van der Waals surface area contributed by atoms with Gasteiger partial charge in [0.15, 0.2) is 5.13 Å². The Morgan fingerprint density at radius 2 is 1.94 bits per heavy atom. The molecule has 0 aromatic carbocycles. The van der Waals surface area contributed by atoms with E-state index in [-0.39, 0.29) is 17.4 Å². The Hall–Kier alpha value is -2.55. The first-order valence-corrected chi connectivity index (χ1v) is 12.4. The number of rotatable bonds is 6. The van der Waals surface area contributed by atoms with Crippen molar-refractivity contribution in [2.24, 2.45) is 0 Å². The van der Waals surface area contributed by atoms with Crippen molar-refractivity contribution >= 4 is 34.1 Å². The van der Waals surface area contributed by atoms with Gasteiger partial charge in [0.2, 0.25) is 11.8 Å². The van der Waals surface area contributed by atoms with Crippen LogP contribution in [0, 0.1) is 6.92 Å². The molecule has 2 aromatic rings. The van der Waals surface area contributed by atoms with Gasteiger partial charge in [0.05, 0.1) is 0 Å². The predicted molar refractivity (Wildman–Crippen MR) is 125 cm³/mol. The molecule has 0 bridgehead atoms. The molecule has 9 heteroatoms. The van der Waals surface area contributed by atoms with Crippen molar-refractivity contribution in [2.45, 2.75) is 76.7 Å². The van der Waals surface area contributed by atoms with E-state index in [0.717, 1.165) is 74.1 Å². The minimum absolute atomic E-state index is 0.0419. The van der Waals surface area contributed by atoms with E-state index in [1.54, 1.807) is 13.1 Å². The zero-order chi connectivity index (χ0) is 22.6. The van der Waals surface area contributed by atoms with E-state index in [2.05, 4.69) is 25.6 Å². The van der Waals surface area contributed by atoms with E-state index >= 15 is 0 Å². The number of amides is 2. The van der Waals surface area contributed by atoms with E-state index in [0.29, 0.717) is 12.3 Å². The molecule has 32 heavy (non-hydrogen) atoms. The molecular weight excluding hydrogens is 424 g/mol. The number of nitrogens with zero attached hydrogens (tertiary/aromatic N) is 4. The Labute approximate surface area is 193 Å².